The lowest BCUT2D eigenvalue weighted by atomic mass is 9.84. The Morgan fingerprint density at radius 3 is 2.60 bits per heavy atom. The fourth-order valence-electron chi connectivity index (χ4n) is 3.39. The molecule has 0 saturated heterocycles. The average Bonchev–Trinajstić information content (AvgIpc) is 3.26. The fourth-order valence-corrected chi connectivity index (χ4v) is 3.39. The molecule has 2 rings (SSSR count). The van der Waals surface area contributed by atoms with E-state index >= 15 is 0 Å². The quantitative estimate of drug-likeness (QED) is 0.404. The van der Waals surface area contributed by atoms with Crippen molar-refractivity contribution in [2.75, 3.05) is 19.6 Å². The van der Waals surface area contributed by atoms with Gasteiger partial charge < -0.3 is 15.2 Å². The Balaban J connectivity index is 1.77. The van der Waals surface area contributed by atoms with E-state index in [1.54, 1.807) is 0 Å². The molecule has 6 nitrogen and oxygen atoms in total. The Bertz CT molecular complexity index is 532. The predicted molar refractivity (Wildman–Crippen MR) is 102 cm³/mol. The summed E-state index contributed by atoms with van der Waals surface area (Å²) in [5.41, 5.74) is 0.430. The molecule has 1 saturated carbocycles. The van der Waals surface area contributed by atoms with E-state index in [1.165, 1.54) is 32.1 Å². The van der Waals surface area contributed by atoms with Gasteiger partial charge in [0.05, 0.1) is 0 Å². The lowest BCUT2D eigenvalue weighted by Gasteiger charge is -2.25. The summed E-state index contributed by atoms with van der Waals surface area (Å²) in [6.07, 6.45) is 8.33. The van der Waals surface area contributed by atoms with Gasteiger partial charge in [-0.05, 0) is 38.0 Å². The van der Waals surface area contributed by atoms with Gasteiger partial charge in [-0.3, -0.25) is 4.99 Å². The van der Waals surface area contributed by atoms with Crippen LogP contribution >= 0.6 is 0 Å². The van der Waals surface area contributed by atoms with Crippen LogP contribution in [0, 0.1) is 5.41 Å². The number of aryl methyl sites for hydroxylation is 1. The lowest BCUT2D eigenvalue weighted by Crippen LogP contribution is -2.39. The Hall–Kier alpha value is -1.59. The van der Waals surface area contributed by atoms with Crippen LogP contribution in [0.5, 0.6) is 0 Å². The highest BCUT2D eigenvalue weighted by Gasteiger charge is 2.31. The number of aromatic nitrogens is 2. The zero-order chi connectivity index (χ0) is 18.1. The molecule has 25 heavy (non-hydrogen) atoms. The molecule has 6 heteroatoms. The normalized spacial score (nSPS) is 17.2. The third-order valence-corrected chi connectivity index (χ3v) is 5.19. The largest absolute Gasteiger partial charge is 0.357 e. The molecular formula is C19H35N5O. The first-order valence-electron chi connectivity index (χ1n) is 9.93. The van der Waals surface area contributed by atoms with E-state index in [0.717, 1.165) is 50.2 Å². The van der Waals surface area contributed by atoms with Crippen LogP contribution in [0.3, 0.4) is 0 Å². The summed E-state index contributed by atoms with van der Waals surface area (Å²) in [5.74, 6) is 2.75. The predicted octanol–water partition coefficient (Wildman–Crippen LogP) is 3.65. The fraction of sp³-hybridized carbons (Fsp3) is 0.842. The van der Waals surface area contributed by atoms with Crippen LogP contribution in [-0.2, 0) is 6.42 Å². The first kappa shape index (κ1) is 19.7. The summed E-state index contributed by atoms with van der Waals surface area (Å²) in [4.78, 5) is 9.27. The van der Waals surface area contributed by atoms with Crippen molar-refractivity contribution in [2.45, 2.75) is 78.6 Å². The number of aliphatic imine (C=N–C) groups is 1. The second kappa shape index (κ2) is 9.78. The molecule has 1 aromatic heterocycles. The highest BCUT2D eigenvalue weighted by molar-refractivity contribution is 5.79. The van der Waals surface area contributed by atoms with Crippen LogP contribution in [-0.4, -0.2) is 35.7 Å². The van der Waals surface area contributed by atoms with Crippen molar-refractivity contribution in [3.8, 4) is 0 Å². The zero-order valence-electron chi connectivity index (χ0n) is 16.4. The lowest BCUT2D eigenvalue weighted by molar-refractivity contribution is 0.297. The van der Waals surface area contributed by atoms with Gasteiger partial charge in [0, 0.05) is 32.0 Å². The molecule has 1 fully saturated rings. The molecule has 0 atom stereocenters. The SMILES string of the molecule is CCNC(=NCC1(CC)CCCC1)NCCCc1nc(C(C)C)no1. The summed E-state index contributed by atoms with van der Waals surface area (Å²) in [7, 11) is 0. The first-order valence-corrected chi connectivity index (χ1v) is 9.93. The van der Waals surface area contributed by atoms with Gasteiger partial charge in [-0.25, -0.2) is 0 Å². The van der Waals surface area contributed by atoms with Gasteiger partial charge >= 0.3 is 0 Å². The van der Waals surface area contributed by atoms with E-state index in [0.29, 0.717) is 11.3 Å². The number of guanidine groups is 1. The molecule has 1 heterocycles. The van der Waals surface area contributed by atoms with Crippen LogP contribution in [0.2, 0.25) is 0 Å². The third-order valence-electron chi connectivity index (χ3n) is 5.19. The van der Waals surface area contributed by atoms with Gasteiger partial charge in [-0.15, -0.1) is 0 Å². The zero-order valence-corrected chi connectivity index (χ0v) is 16.4. The van der Waals surface area contributed by atoms with Gasteiger partial charge in [-0.2, -0.15) is 4.98 Å². The Labute approximate surface area is 152 Å². The van der Waals surface area contributed by atoms with Crippen LogP contribution < -0.4 is 10.6 Å². The van der Waals surface area contributed by atoms with Crippen molar-refractivity contribution in [1.82, 2.24) is 20.8 Å². The van der Waals surface area contributed by atoms with Crippen LogP contribution in [0.25, 0.3) is 0 Å². The van der Waals surface area contributed by atoms with Crippen molar-refractivity contribution in [3.05, 3.63) is 11.7 Å². The van der Waals surface area contributed by atoms with E-state index in [-0.39, 0.29) is 0 Å². The minimum Gasteiger partial charge on any atom is -0.357 e. The van der Waals surface area contributed by atoms with Crippen molar-refractivity contribution in [2.24, 2.45) is 10.4 Å². The smallest absolute Gasteiger partial charge is 0.226 e. The first-order chi connectivity index (χ1) is 12.1. The Morgan fingerprint density at radius 1 is 1.24 bits per heavy atom. The molecule has 1 aliphatic rings. The van der Waals surface area contributed by atoms with Crippen molar-refractivity contribution in [1.29, 1.82) is 0 Å². The Morgan fingerprint density at radius 2 is 2.00 bits per heavy atom. The minimum atomic E-state index is 0.310. The average molecular weight is 350 g/mol. The molecular weight excluding hydrogens is 314 g/mol. The molecule has 2 N–H and O–H groups in total. The standard InChI is InChI=1S/C19H35N5O/c1-5-19(11-7-8-12-19)14-22-18(20-6-2)21-13-9-10-16-23-17(15(3)4)24-25-16/h15H,5-14H2,1-4H3,(H2,20,21,22). The van der Waals surface area contributed by atoms with Crippen LogP contribution in [0.1, 0.15) is 83.9 Å². The summed E-state index contributed by atoms with van der Waals surface area (Å²) in [6.45, 7) is 11.2. The number of hydrogen-bond acceptors (Lipinski definition) is 4. The summed E-state index contributed by atoms with van der Waals surface area (Å²) < 4.78 is 5.29. The molecule has 0 unspecified atom stereocenters. The maximum atomic E-state index is 5.29. The molecule has 1 aliphatic carbocycles. The second-order valence-electron chi connectivity index (χ2n) is 7.49. The van der Waals surface area contributed by atoms with Gasteiger partial charge in [0.25, 0.3) is 0 Å². The van der Waals surface area contributed by atoms with E-state index in [4.69, 9.17) is 9.52 Å². The molecule has 0 aromatic carbocycles. The van der Waals surface area contributed by atoms with Gasteiger partial charge in [0.2, 0.25) is 5.89 Å². The van der Waals surface area contributed by atoms with Gasteiger partial charge in [0.1, 0.15) is 0 Å². The van der Waals surface area contributed by atoms with Crippen molar-refractivity contribution >= 4 is 5.96 Å². The van der Waals surface area contributed by atoms with E-state index < -0.39 is 0 Å². The molecule has 0 aliphatic heterocycles. The third kappa shape index (κ3) is 6.01. The minimum absolute atomic E-state index is 0.310. The van der Waals surface area contributed by atoms with Crippen molar-refractivity contribution in [3.63, 3.8) is 0 Å². The van der Waals surface area contributed by atoms with E-state index in [1.807, 2.05) is 0 Å². The Kier molecular flexibility index (Phi) is 7.72. The molecule has 0 bridgehead atoms. The highest BCUT2D eigenvalue weighted by atomic mass is 16.5. The monoisotopic (exact) mass is 349 g/mol. The van der Waals surface area contributed by atoms with E-state index in [2.05, 4.69) is 48.5 Å². The van der Waals surface area contributed by atoms with Crippen LogP contribution in [0.15, 0.2) is 9.52 Å². The number of nitrogens with zero attached hydrogens (tertiary/aromatic N) is 3. The molecule has 0 radical (unpaired) electrons. The van der Waals surface area contributed by atoms with Gasteiger partial charge in [0.15, 0.2) is 11.8 Å². The highest BCUT2D eigenvalue weighted by Crippen LogP contribution is 2.41. The van der Waals surface area contributed by atoms with E-state index in [9.17, 15) is 0 Å². The maximum Gasteiger partial charge on any atom is 0.226 e. The summed E-state index contributed by atoms with van der Waals surface area (Å²) in [6, 6.07) is 0. The second-order valence-corrected chi connectivity index (χ2v) is 7.49. The molecule has 142 valence electrons. The van der Waals surface area contributed by atoms with Gasteiger partial charge in [-0.1, -0.05) is 38.8 Å². The van der Waals surface area contributed by atoms with Crippen molar-refractivity contribution < 1.29 is 4.52 Å². The molecule has 0 amide bonds. The molecule has 0 spiro atoms. The number of nitrogens with one attached hydrogen (secondary N) is 2. The topological polar surface area (TPSA) is 75.3 Å². The number of rotatable bonds is 9. The summed E-state index contributed by atoms with van der Waals surface area (Å²) in [5, 5.41) is 10.8. The summed E-state index contributed by atoms with van der Waals surface area (Å²) >= 11 is 0. The maximum absolute atomic E-state index is 5.29. The number of hydrogen-bond donors (Lipinski definition) is 2. The molecule has 1 aromatic rings. The van der Waals surface area contributed by atoms with Crippen LogP contribution in [0.4, 0.5) is 0 Å².